The summed E-state index contributed by atoms with van der Waals surface area (Å²) in [5.74, 6) is 0.559. The average molecular weight is 469 g/mol. The smallest absolute Gasteiger partial charge is 0.225 e. The van der Waals surface area contributed by atoms with E-state index < -0.39 is 0 Å². The molecule has 0 radical (unpaired) electrons. The Morgan fingerprint density at radius 2 is 1.91 bits per heavy atom. The molecule has 2 heterocycles. The molecule has 1 aliphatic rings. The third-order valence-electron chi connectivity index (χ3n) is 6.58. The van der Waals surface area contributed by atoms with E-state index in [1.165, 1.54) is 40.2 Å². The van der Waals surface area contributed by atoms with Gasteiger partial charge in [0.05, 0.1) is 5.56 Å². The van der Waals surface area contributed by atoms with Gasteiger partial charge in [0, 0.05) is 51.9 Å². The van der Waals surface area contributed by atoms with Gasteiger partial charge in [-0.2, -0.15) is 5.26 Å². The second-order valence-electron chi connectivity index (χ2n) is 8.76. The van der Waals surface area contributed by atoms with Crippen molar-refractivity contribution in [3.8, 4) is 6.07 Å². The molecule has 0 fully saturated rings. The number of anilines is 1. The van der Waals surface area contributed by atoms with Gasteiger partial charge in [-0.25, -0.2) is 4.98 Å². The third kappa shape index (κ3) is 4.41. The molecule has 5 rings (SSSR count). The van der Waals surface area contributed by atoms with Crippen LogP contribution in [0.5, 0.6) is 0 Å². The Hall–Kier alpha value is -3.30. The number of hydrogen-bond donors (Lipinski definition) is 1. The van der Waals surface area contributed by atoms with Gasteiger partial charge in [-0.3, -0.25) is 4.79 Å². The summed E-state index contributed by atoms with van der Waals surface area (Å²) in [6, 6.07) is 18.8. The van der Waals surface area contributed by atoms with Gasteiger partial charge in [0.15, 0.2) is 0 Å². The summed E-state index contributed by atoms with van der Waals surface area (Å²) in [5, 5.41) is 15.7. The number of carbonyl (C=O) groups excluding carboxylic acids is 1. The van der Waals surface area contributed by atoms with Crippen LogP contribution in [0.1, 0.15) is 49.4 Å². The number of nitriles is 1. The molecule has 0 bridgehead atoms. The zero-order valence-corrected chi connectivity index (χ0v) is 20.3. The molecule has 0 unspecified atom stereocenters. The van der Waals surface area contributed by atoms with Crippen molar-refractivity contribution in [3.63, 3.8) is 0 Å². The SMILES string of the molecule is CCn1c2ccccc2c2cc(NC(=O)CCSc3nc4c(cc3C#N)CCCCC4)ccc21. The Labute approximate surface area is 204 Å². The number of aromatic nitrogens is 2. The Kier molecular flexibility index (Phi) is 6.55. The fraction of sp³-hybridized carbons (Fsp3) is 0.321. The van der Waals surface area contributed by atoms with E-state index in [-0.39, 0.29) is 5.91 Å². The van der Waals surface area contributed by atoms with Crippen molar-refractivity contribution in [1.29, 1.82) is 5.26 Å². The van der Waals surface area contributed by atoms with Gasteiger partial charge >= 0.3 is 0 Å². The lowest BCUT2D eigenvalue weighted by Crippen LogP contribution is -2.12. The summed E-state index contributed by atoms with van der Waals surface area (Å²) in [5.41, 5.74) is 6.17. The number of aryl methyl sites for hydroxylation is 3. The molecular weight excluding hydrogens is 440 g/mol. The van der Waals surface area contributed by atoms with Crippen molar-refractivity contribution in [2.75, 3.05) is 11.1 Å². The first-order chi connectivity index (χ1) is 16.7. The quantitative estimate of drug-likeness (QED) is 0.260. The van der Waals surface area contributed by atoms with E-state index in [0.29, 0.717) is 17.7 Å². The van der Waals surface area contributed by atoms with E-state index in [0.717, 1.165) is 54.0 Å². The molecule has 1 amide bonds. The van der Waals surface area contributed by atoms with Gasteiger partial charge in [0.2, 0.25) is 5.91 Å². The molecule has 0 saturated carbocycles. The highest BCUT2D eigenvalue weighted by Crippen LogP contribution is 2.31. The first-order valence-corrected chi connectivity index (χ1v) is 13.0. The first kappa shape index (κ1) is 22.5. The van der Waals surface area contributed by atoms with Crippen LogP contribution in [0, 0.1) is 11.3 Å². The number of rotatable bonds is 6. The Balaban J connectivity index is 1.27. The number of thioether (sulfide) groups is 1. The van der Waals surface area contributed by atoms with Crippen LogP contribution >= 0.6 is 11.8 Å². The Morgan fingerprint density at radius 3 is 2.76 bits per heavy atom. The number of amides is 1. The Morgan fingerprint density at radius 1 is 1.09 bits per heavy atom. The van der Waals surface area contributed by atoms with E-state index in [4.69, 9.17) is 4.98 Å². The molecule has 172 valence electrons. The van der Waals surface area contributed by atoms with Crippen molar-refractivity contribution >= 4 is 45.2 Å². The van der Waals surface area contributed by atoms with Crippen molar-refractivity contribution in [2.24, 2.45) is 0 Å². The number of nitrogens with one attached hydrogen (secondary N) is 1. The van der Waals surface area contributed by atoms with E-state index in [9.17, 15) is 10.1 Å². The van der Waals surface area contributed by atoms with Crippen LogP contribution in [0.3, 0.4) is 0 Å². The van der Waals surface area contributed by atoms with Gasteiger partial charge in [-0.15, -0.1) is 11.8 Å². The number of benzene rings is 2. The minimum Gasteiger partial charge on any atom is -0.341 e. The third-order valence-corrected chi connectivity index (χ3v) is 7.57. The monoisotopic (exact) mass is 468 g/mol. The van der Waals surface area contributed by atoms with Crippen LogP contribution in [0.25, 0.3) is 21.8 Å². The lowest BCUT2D eigenvalue weighted by atomic mass is 10.1. The number of pyridine rings is 1. The second-order valence-corrected chi connectivity index (χ2v) is 9.84. The minimum absolute atomic E-state index is 0.0284. The number of carbonyl (C=O) groups is 1. The van der Waals surface area contributed by atoms with Crippen LogP contribution in [0.2, 0.25) is 0 Å². The average Bonchev–Trinajstić information content (AvgIpc) is 2.99. The normalized spacial score (nSPS) is 13.4. The van der Waals surface area contributed by atoms with Crippen LogP contribution in [-0.2, 0) is 24.2 Å². The van der Waals surface area contributed by atoms with Crippen molar-refractivity contribution in [2.45, 2.75) is 57.0 Å². The maximum atomic E-state index is 12.7. The largest absolute Gasteiger partial charge is 0.341 e. The first-order valence-electron chi connectivity index (χ1n) is 12.0. The van der Waals surface area contributed by atoms with Gasteiger partial charge in [-0.05, 0) is 68.5 Å². The minimum atomic E-state index is -0.0284. The number of hydrogen-bond acceptors (Lipinski definition) is 4. The van der Waals surface area contributed by atoms with E-state index in [1.54, 1.807) is 0 Å². The molecule has 6 heteroatoms. The topological polar surface area (TPSA) is 70.7 Å². The standard InChI is InChI=1S/C28H28N4OS/c1-2-32-25-11-7-6-9-22(25)23-17-21(12-13-26(23)32)30-27(33)14-15-34-28-20(18-29)16-19-8-4-3-5-10-24(19)31-28/h6-7,9,11-13,16-17H,2-5,8,10,14-15H2,1H3,(H,30,33). The second kappa shape index (κ2) is 9.90. The predicted molar refractivity (Wildman–Crippen MR) is 139 cm³/mol. The summed E-state index contributed by atoms with van der Waals surface area (Å²) in [7, 11) is 0. The molecular formula is C28H28N4OS. The molecule has 0 aliphatic heterocycles. The lowest BCUT2D eigenvalue weighted by molar-refractivity contribution is -0.115. The molecule has 1 aliphatic carbocycles. The molecule has 5 nitrogen and oxygen atoms in total. The molecule has 1 N–H and O–H groups in total. The summed E-state index contributed by atoms with van der Waals surface area (Å²) >= 11 is 1.50. The lowest BCUT2D eigenvalue weighted by Gasteiger charge is -2.10. The number of para-hydroxylation sites is 1. The molecule has 4 aromatic rings. The fourth-order valence-electron chi connectivity index (χ4n) is 4.92. The van der Waals surface area contributed by atoms with Crippen LogP contribution in [-0.4, -0.2) is 21.2 Å². The van der Waals surface area contributed by atoms with Crippen LogP contribution in [0.4, 0.5) is 5.69 Å². The van der Waals surface area contributed by atoms with Crippen molar-refractivity contribution in [1.82, 2.24) is 9.55 Å². The molecule has 0 atom stereocenters. The van der Waals surface area contributed by atoms with Crippen molar-refractivity contribution in [3.05, 3.63) is 65.4 Å². The van der Waals surface area contributed by atoms with Gasteiger partial charge in [0.25, 0.3) is 0 Å². The van der Waals surface area contributed by atoms with E-state index >= 15 is 0 Å². The molecule has 0 saturated heterocycles. The zero-order chi connectivity index (χ0) is 23.5. The van der Waals surface area contributed by atoms with E-state index in [1.807, 2.05) is 12.1 Å². The van der Waals surface area contributed by atoms with Crippen molar-refractivity contribution < 1.29 is 4.79 Å². The highest BCUT2D eigenvalue weighted by atomic mass is 32.2. The maximum absolute atomic E-state index is 12.7. The summed E-state index contributed by atoms with van der Waals surface area (Å²) in [6.07, 6.45) is 5.88. The molecule has 2 aromatic carbocycles. The summed E-state index contributed by atoms with van der Waals surface area (Å²) in [6.45, 7) is 3.05. The zero-order valence-electron chi connectivity index (χ0n) is 19.4. The molecule has 34 heavy (non-hydrogen) atoms. The van der Waals surface area contributed by atoms with Gasteiger partial charge in [-0.1, -0.05) is 24.6 Å². The predicted octanol–water partition coefficient (Wildman–Crippen LogP) is 6.47. The summed E-state index contributed by atoms with van der Waals surface area (Å²) < 4.78 is 2.30. The molecule has 0 spiro atoms. The molecule has 2 aromatic heterocycles. The van der Waals surface area contributed by atoms with Crippen LogP contribution in [0.15, 0.2) is 53.6 Å². The highest BCUT2D eigenvalue weighted by molar-refractivity contribution is 7.99. The van der Waals surface area contributed by atoms with Gasteiger partial charge < -0.3 is 9.88 Å². The van der Waals surface area contributed by atoms with E-state index in [2.05, 4.69) is 59.3 Å². The summed E-state index contributed by atoms with van der Waals surface area (Å²) in [4.78, 5) is 17.5. The Bertz CT molecular complexity index is 1420. The van der Waals surface area contributed by atoms with Crippen LogP contribution < -0.4 is 5.32 Å². The highest BCUT2D eigenvalue weighted by Gasteiger charge is 2.15. The van der Waals surface area contributed by atoms with Gasteiger partial charge in [0.1, 0.15) is 11.1 Å². The number of nitrogens with zero attached hydrogens (tertiary/aromatic N) is 3. The fourth-order valence-corrected chi connectivity index (χ4v) is 5.83. The number of fused-ring (bicyclic) bond motifs is 4. The maximum Gasteiger partial charge on any atom is 0.225 e.